The van der Waals surface area contributed by atoms with Crippen molar-refractivity contribution in [1.29, 1.82) is 0 Å². The van der Waals surface area contributed by atoms with Gasteiger partial charge in [0.25, 0.3) is 0 Å². The van der Waals surface area contributed by atoms with Gasteiger partial charge in [0.15, 0.2) is 0 Å². The summed E-state index contributed by atoms with van der Waals surface area (Å²) in [5.74, 6) is 1.56. The lowest BCUT2D eigenvalue weighted by molar-refractivity contribution is -0.134. The van der Waals surface area contributed by atoms with E-state index in [1.165, 1.54) is 0 Å². The molecule has 3 rings (SSSR count). The fourth-order valence-electron chi connectivity index (χ4n) is 3.34. The van der Waals surface area contributed by atoms with Gasteiger partial charge in [-0.15, -0.1) is 0 Å². The summed E-state index contributed by atoms with van der Waals surface area (Å²) < 4.78 is 11.0. The van der Waals surface area contributed by atoms with Crippen molar-refractivity contribution in [3.63, 3.8) is 0 Å². The summed E-state index contributed by atoms with van der Waals surface area (Å²) in [5.41, 5.74) is 2.11. The normalized spacial score (nSPS) is 11.8. The predicted octanol–water partition coefficient (Wildman–Crippen LogP) is 5.40. The number of benzene rings is 2. The molecule has 0 radical (unpaired) electrons. The number of carbonyl (C=O) groups is 1. The highest BCUT2D eigenvalue weighted by atomic mass is 16.5. The summed E-state index contributed by atoms with van der Waals surface area (Å²) in [5, 5.41) is 0. The Labute approximate surface area is 166 Å². The SMILES string of the molecule is CCOc1ccc(CN(Cc2ccco2)C(=O)C(CC)c2ccccc2)cc1. The number of hydrogen-bond donors (Lipinski definition) is 0. The molecule has 4 nitrogen and oxygen atoms in total. The second-order valence-electron chi connectivity index (χ2n) is 6.72. The maximum Gasteiger partial charge on any atom is 0.230 e. The predicted molar refractivity (Wildman–Crippen MR) is 110 cm³/mol. The average Bonchev–Trinajstić information content (AvgIpc) is 3.23. The van der Waals surface area contributed by atoms with E-state index in [2.05, 4.69) is 6.92 Å². The molecule has 3 aromatic rings. The quantitative estimate of drug-likeness (QED) is 0.501. The fourth-order valence-corrected chi connectivity index (χ4v) is 3.34. The van der Waals surface area contributed by atoms with Gasteiger partial charge in [0, 0.05) is 6.54 Å². The van der Waals surface area contributed by atoms with Crippen LogP contribution in [0.3, 0.4) is 0 Å². The van der Waals surface area contributed by atoms with E-state index in [1.54, 1.807) is 6.26 Å². The van der Waals surface area contributed by atoms with Crippen LogP contribution in [0.5, 0.6) is 5.75 Å². The third kappa shape index (κ3) is 5.03. The third-order valence-electron chi connectivity index (χ3n) is 4.75. The van der Waals surface area contributed by atoms with Gasteiger partial charge in [0.05, 0.1) is 25.3 Å². The summed E-state index contributed by atoms with van der Waals surface area (Å²) in [6.45, 7) is 5.62. The van der Waals surface area contributed by atoms with Crippen LogP contribution in [0.4, 0.5) is 0 Å². The number of amides is 1. The summed E-state index contributed by atoms with van der Waals surface area (Å²) in [4.78, 5) is 15.3. The zero-order valence-electron chi connectivity index (χ0n) is 16.5. The number of rotatable bonds is 9. The van der Waals surface area contributed by atoms with Crippen molar-refractivity contribution in [2.24, 2.45) is 0 Å². The number of ether oxygens (including phenoxy) is 1. The van der Waals surface area contributed by atoms with Crippen molar-refractivity contribution in [2.75, 3.05) is 6.61 Å². The first kappa shape index (κ1) is 19.7. The van der Waals surface area contributed by atoms with Crippen molar-refractivity contribution in [1.82, 2.24) is 4.90 Å². The monoisotopic (exact) mass is 377 g/mol. The number of hydrogen-bond acceptors (Lipinski definition) is 3. The second kappa shape index (κ2) is 9.79. The van der Waals surface area contributed by atoms with E-state index in [4.69, 9.17) is 9.15 Å². The molecule has 0 aliphatic carbocycles. The fraction of sp³-hybridized carbons (Fsp3) is 0.292. The standard InChI is InChI=1S/C24H27NO3/c1-3-23(20-9-6-5-7-10-20)24(26)25(18-22-11-8-16-28-22)17-19-12-14-21(15-13-19)27-4-2/h5-16,23H,3-4,17-18H2,1-2H3. The Morgan fingerprint density at radius 3 is 2.32 bits per heavy atom. The maximum atomic E-state index is 13.4. The summed E-state index contributed by atoms with van der Waals surface area (Å²) >= 11 is 0. The molecule has 0 N–H and O–H groups in total. The number of nitrogens with zero attached hydrogens (tertiary/aromatic N) is 1. The average molecular weight is 377 g/mol. The Kier molecular flexibility index (Phi) is 6.90. The minimum Gasteiger partial charge on any atom is -0.494 e. The van der Waals surface area contributed by atoms with Gasteiger partial charge in [0.1, 0.15) is 11.5 Å². The zero-order chi connectivity index (χ0) is 19.8. The van der Waals surface area contributed by atoms with Crippen LogP contribution in [0.15, 0.2) is 77.4 Å². The zero-order valence-corrected chi connectivity index (χ0v) is 16.5. The van der Waals surface area contributed by atoms with Crippen LogP contribution >= 0.6 is 0 Å². The molecule has 1 heterocycles. The first-order chi connectivity index (χ1) is 13.7. The summed E-state index contributed by atoms with van der Waals surface area (Å²) in [6, 6.07) is 21.7. The van der Waals surface area contributed by atoms with Gasteiger partial charge in [-0.3, -0.25) is 4.79 Å². The molecule has 1 unspecified atom stereocenters. The van der Waals surface area contributed by atoms with E-state index in [0.717, 1.165) is 29.1 Å². The van der Waals surface area contributed by atoms with Crippen LogP contribution in [0.2, 0.25) is 0 Å². The van der Waals surface area contributed by atoms with E-state index in [1.807, 2.05) is 78.6 Å². The van der Waals surface area contributed by atoms with Gasteiger partial charge in [-0.05, 0) is 48.7 Å². The summed E-state index contributed by atoms with van der Waals surface area (Å²) in [6.07, 6.45) is 2.39. The highest BCUT2D eigenvalue weighted by Crippen LogP contribution is 2.25. The number of furan rings is 1. The lowest BCUT2D eigenvalue weighted by Gasteiger charge is -2.27. The van der Waals surface area contributed by atoms with Crippen LogP contribution in [0.25, 0.3) is 0 Å². The molecule has 0 spiro atoms. The molecular formula is C24H27NO3. The highest BCUT2D eigenvalue weighted by molar-refractivity contribution is 5.83. The lowest BCUT2D eigenvalue weighted by atomic mass is 9.94. The molecule has 0 saturated carbocycles. The number of carbonyl (C=O) groups excluding carboxylic acids is 1. The van der Waals surface area contributed by atoms with Crippen molar-refractivity contribution in [2.45, 2.75) is 39.3 Å². The lowest BCUT2D eigenvalue weighted by Crippen LogP contribution is -2.34. The van der Waals surface area contributed by atoms with E-state index < -0.39 is 0 Å². The Morgan fingerprint density at radius 1 is 0.964 bits per heavy atom. The van der Waals surface area contributed by atoms with Crippen LogP contribution < -0.4 is 4.74 Å². The smallest absolute Gasteiger partial charge is 0.230 e. The molecule has 146 valence electrons. The molecule has 1 amide bonds. The van der Waals surface area contributed by atoms with E-state index in [-0.39, 0.29) is 11.8 Å². The Balaban J connectivity index is 1.82. The molecule has 0 aliphatic rings. The molecule has 2 aromatic carbocycles. The Hall–Kier alpha value is -3.01. The van der Waals surface area contributed by atoms with Crippen molar-refractivity contribution >= 4 is 5.91 Å². The van der Waals surface area contributed by atoms with Gasteiger partial charge >= 0.3 is 0 Å². The van der Waals surface area contributed by atoms with Crippen LogP contribution in [0.1, 0.15) is 43.1 Å². The minimum absolute atomic E-state index is 0.110. The topological polar surface area (TPSA) is 42.7 Å². The Morgan fingerprint density at radius 2 is 1.71 bits per heavy atom. The molecule has 0 aliphatic heterocycles. The van der Waals surface area contributed by atoms with Gasteiger partial charge in [0.2, 0.25) is 5.91 Å². The second-order valence-corrected chi connectivity index (χ2v) is 6.72. The first-order valence-electron chi connectivity index (χ1n) is 9.79. The minimum atomic E-state index is -0.168. The molecule has 0 fully saturated rings. The Bertz CT molecular complexity index is 841. The van der Waals surface area contributed by atoms with E-state index >= 15 is 0 Å². The molecule has 4 heteroatoms. The molecule has 1 aromatic heterocycles. The molecular weight excluding hydrogens is 350 g/mol. The van der Waals surface area contributed by atoms with Gasteiger partial charge in [-0.1, -0.05) is 49.4 Å². The third-order valence-corrected chi connectivity index (χ3v) is 4.75. The molecule has 0 bridgehead atoms. The molecule has 0 saturated heterocycles. The van der Waals surface area contributed by atoms with Crippen molar-refractivity contribution < 1.29 is 13.9 Å². The summed E-state index contributed by atoms with van der Waals surface area (Å²) in [7, 11) is 0. The van der Waals surface area contributed by atoms with Crippen molar-refractivity contribution in [3.8, 4) is 5.75 Å². The molecule has 1 atom stereocenters. The van der Waals surface area contributed by atoms with Crippen LogP contribution in [-0.4, -0.2) is 17.4 Å². The van der Waals surface area contributed by atoms with E-state index in [9.17, 15) is 4.79 Å². The molecule has 28 heavy (non-hydrogen) atoms. The first-order valence-corrected chi connectivity index (χ1v) is 9.79. The van der Waals surface area contributed by atoms with Gasteiger partial charge < -0.3 is 14.1 Å². The van der Waals surface area contributed by atoms with Gasteiger partial charge in [-0.2, -0.15) is 0 Å². The van der Waals surface area contributed by atoms with Crippen LogP contribution in [0, 0.1) is 0 Å². The van der Waals surface area contributed by atoms with Gasteiger partial charge in [-0.25, -0.2) is 0 Å². The largest absolute Gasteiger partial charge is 0.494 e. The maximum absolute atomic E-state index is 13.4. The van der Waals surface area contributed by atoms with E-state index in [0.29, 0.717) is 19.7 Å². The van der Waals surface area contributed by atoms with Crippen molar-refractivity contribution in [3.05, 3.63) is 89.9 Å². The highest BCUT2D eigenvalue weighted by Gasteiger charge is 2.25. The van der Waals surface area contributed by atoms with Crippen LogP contribution in [-0.2, 0) is 17.9 Å².